The Morgan fingerprint density at radius 3 is 2.53 bits per heavy atom. The fraction of sp³-hybridized carbons (Fsp3) is 0.625. The maximum atomic E-state index is 10.0. The molecule has 0 heterocycles. The number of hydrogen-bond donors (Lipinski definition) is 2. The first-order valence-electron chi connectivity index (χ1n) is 6.90. The van der Waals surface area contributed by atoms with Crippen LogP contribution in [0.3, 0.4) is 0 Å². The van der Waals surface area contributed by atoms with Crippen molar-refractivity contribution >= 4 is 0 Å². The quantitative estimate of drug-likeness (QED) is 0.877. The largest absolute Gasteiger partial charge is 0.504 e. The minimum atomic E-state index is -0.930. The zero-order valence-corrected chi connectivity index (χ0v) is 12.2. The summed E-state index contributed by atoms with van der Waals surface area (Å²) in [6.45, 7) is 7.93. The van der Waals surface area contributed by atoms with E-state index in [0.29, 0.717) is 11.2 Å². The average molecular weight is 264 g/mol. The van der Waals surface area contributed by atoms with Gasteiger partial charge in [-0.3, -0.25) is 0 Å². The van der Waals surface area contributed by atoms with Crippen molar-refractivity contribution in [3.63, 3.8) is 0 Å². The lowest BCUT2D eigenvalue weighted by Gasteiger charge is -2.21. The van der Waals surface area contributed by atoms with Crippen LogP contribution in [0.2, 0.25) is 0 Å². The first-order valence-corrected chi connectivity index (χ1v) is 6.90. The third-order valence-corrected chi connectivity index (χ3v) is 3.88. The molecule has 0 aliphatic heterocycles. The molecule has 1 aromatic carbocycles. The van der Waals surface area contributed by atoms with Gasteiger partial charge >= 0.3 is 0 Å². The van der Waals surface area contributed by atoms with Crippen LogP contribution in [-0.2, 0) is 5.60 Å². The molecule has 1 aliphatic rings. The molecule has 106 valence electrons. The van der Waals surface area contributed by atoms with Gasteiger partial charge in [0.15, 0.2) is 11.5 Å². The van der Waals surface area contributed by atoms with Crippen LogP contribution in [-0.4, -0.2) is 16.3 Å². The number of benzene rings is 1. The van der Waals surface area contributed by atoms with Gasteiger partial charge in [-0.2, -0.15) is 0 Å². The highest BCUT2D eigenvalue weighted by Gasteiger charge is 2.32. The third kappa shape index (κ3) is 3.41. The number of ether oxygens (including phenoxy) is 1. The minimum Gasteiger partial charge on any atom is -0.504 e. The predicted molar refractivity (Wildman–Crippen MR) is 75.4 cm³/mol. The Morgan fingerprint density at radius 2 is 2.00 bits per heavy atom. The monoisotopic (exact) mass is 264 g/mol. The second kappa shape index (κ2) is 4.71. The van der Waals surface area contributed by atoms with E-state index in [9.17, 15) is 10.2 Å². The Balaban J connectivity index is 2.16. The van der Waals surface area contributed by atoms with Gasteiger partial charge in [-0.15, -0.1) is 0 Å². The summed E-state index contributed by atoms with van der Waals surface area (Å²) in [5.41, 5.74) is 0.132. The van der Waals surface area contributed by atoms with Gasteiger partial charge in [-0.25, -0.2) is 0 Å². The topological polar surface area (TPSA) is 49.7 Å². The van der Waals surface area contributed by atoms with Gasteiger partial charge in [0.1, 0.15) is 0 Å². The lowest BCUT2D eigenvalue weighted by molar-refractivity contribution is 0.0778. The van der Waals surface area contributed by atoms with Crippen molar-refractivity contribution < 1.29 is 14.9 Å². The normalized spacial score (nSPS) is 22.5. The molecule has 0 aromatic heterocycles. The predicted octanol–water partition coefficient (Wildman–Crippen LogP) is 3.58. The number of phenolic OH excluding ortho intramolecular Hbond substituents is 1. The Labute approximate surface area is 115 Å². The smallest absolute Gasteiger partial charge is 0.161 e. The van der Waals surface area contributed by atoms with Crippen molar-refractivity contribution in [2.45, 2.75) is 58.7 Å². The number of phenols is 1. The first-order chi connectivity index (χ1) is 8.67. The van der Waals surface area contributed by atoms with Crippen LogP contribution < -0.4 is 4.74 Å². The van der Waals surface area contributed by atoms with E-state index in [1.165, 1.54) is 0 Å². The second-order valence-electron chi connectivity index (χ2n) is 6.89. The molecule has 1 fully saturated rings. The number of rotatable bonds is 3. The van der Waals surface area contributed by atoms with Gasteiger partial charge in [0.05, 0.1) is 11.7 Å². The molecule has 19 heavy (non-hydrogen) atoms. The van der Waals surface area contributed by atoms with E-state index >= 15 is 0 Å². The van der Waals surface area contributed by atoms with E-state index in [1.807, 2.05) is 0 Å². The van der Waals surface area contributed by atoms with Gasteiger partial charge in [0, 0.05) is 0 Å². The van der Waals surface area contributed by atoms with Crippen molar-refractivity contribution in [3.05, 3.63) is 23.8 Å². The molecule has 0 amide bonds. The summed E-state index contributed by atoms with van der Waals surface area (Å²) in [7, 11) is 0. The molecule has 3 nitrogen and oxygen atoms in total. The Kier molecular flexibility index (Phi) is 3.52. The van der Waals surface area contributed by atoms with Crippen LogP contribution >= 0.6 is 0 Å². The van der Waals surface area contributed by atoms with Gasteiger partial charge in [0.2, 0.25) is 0 Å². The Hall–Kier alpha value is -1.22. The Morgan fingerprint density at radius 1 is 1.32 bits per heavy atom. The van der Waals surface area contributed by atoms with Crippen molar-refractivity contribution in [2.75, 3.05) is 0 Å². The molecule has 0 spiro atoms. The molecule has 0 saturated heterocycles. The summed E-state index contributed by atoms with van der Waals surface area (Å²) in [4.78, 5) is 0. The minimum absolute atomic E-state index is 0.137. The van der Waals surface area contributed by atoms with Crippen LogP contribution in [0.25, 0.3) is 0 Å². The number of aromatic hydroxyl groups is 1. The summed E-state index contributed by atoms with van der Waals surface area (Å²) in [6, 6.07) is 5.05. The van der Waals surface area contributed by atoms with Crippen molar-refractivity contribution in [1.29, 1.82) is 0 Å². The standard InChI is InChI=1S/C16H24O3/c1-15(2)8-7-12(10-15)19-14-9-11(16(3,4)18)5-6-13(14)17/h5-6,9,12,17-18H,7-8,10H2,1-4H3. The zero-order chi connectivity index (χ0) is 14.3. The number of aliphatic hydroxyl groups is 1. The van der Waals surface area contributed by atoms with Crippen molar-refractivity contribution in [1.82, 2.24) is 0 Å². The highest BCUT2D eigenvalue weighted by molar-refractivity contribution is 5.43. The van der Waals surface area contributed by atoms with Crippen LogP contribution in [0.5, 0.6) is 11.5 Å². The highest BCUT2D eigenvalue weighted by atomic mass is 16.5. The number of hydrogen-bond acceptors (Lipinski definition) is 3. The molecule has 0 bridgehead atoms. The van der Waals surface area contributed by atoms with Crippen molar-refractivity contribution in [3.8, 4) is 11.5 Å². The summed E-state index contributed by atoms with van der Waals surface area (Å²) in [5.74, 6) is 0.611. The molecule has 1 saturated carbocycles. The van der Waals surface area contributed by atoms with Gasteiger partial charge < -0.3 is 14.9 Å². The maximum absolute atomic E-state index is 10.0. The van der Waals surface area contributed by atoms with E-state index in [2.05, 4.69) is 13.8 Å². The molecule has 0 radical (unpaired) electrons. The highest BCUT2D eigenvalue weighted by Crippen LogP contribution is 2.40. The molecule has 3 heteroatoms. The van der Waals surface area contributed by atoms with Gasteiger partial charge in [0.25, 0.3) is 0 Å². The lowest BCUT2D eigenvalue weighted by atomic mass is 9.92. The van der Waals surface area contributed by atoms with E-state index in [1.54, 1.807) is 32.0 Å². The van der Waals surface area contributed by atoms with E-state index < -0.39 is 5.60 Å². The molecule has 2 rings (SSSR count). The Bertz CT molecular complexity index is 458. The van der Waals surface area contributed by atoms with E-state index in [-0.39, 0.29) is 11.9 Å². The fourth-order valence-corrected chi connectivity index (χ4v) is 2.64. The van der Waals surface area contributed by atoms with Gasteiger partial charge in [-0.05, 0) is 56.2 Å². The third-order valence-electron chi connectivity index (χ3n) is 3.88. The molecular weight excluding hydrogens is 240 g/mol. The van der Waals surface area contributed by atoms with Crippen LogP contribution in [0.1, 0.15) is 52.5 Å². The van der Waals surface area contributed by atoms with E-state index in [4.69, 9.17) is 4.74 Å². The summed E-state index contributed by atoms with van der Waals surface area (Å²) in [5, 5.41) is 19.9. The molecule has 2 N–H and O–H groups in total. The lowest BCUT2D eigenvalue weighted by Crippen LogP contribution is -2.17. The molecule has 1 aliphatic carbocycles. The maximum Gasteiger partial charge on any atom is 0.161 e. The molecule has 1 aromatic rings. The first kappa shape index (κ1) is 14.2. The SMILES string of the molecule is CC1(C)CCC(Oc2cc(C(C)(C)O)ccc2O)C1. The molecular formula is C16H24O3. The summed E-state index contributed by atoms with van der Waals surface area (Å²) >= 11 is 0. The summed E-state index contributed by atoms with van der Waals surface area (Å²) in [6.07, 6.45) is 3.31. The molecule has 1 unspecified atom stereocenters. The average Bonchev–Trinajstić information content (AvgIpc) is 2.60. The van der Waals surface area contributed by atoms with Gasteiger partial charge in [-0.1, -0.05) is 19.9 Å². The van der Waals surface area contributed by atoms with Crippen molar-refractivity contribution in [2.24, 2.45) is 5.41 Å². The molecule has 1 atom stereocenters. The fourth-order valence-electron chi connectivity index (χ4n) is 2.64. The van der Waals surface area contributed by atoms with E-state index in [0.717, 1.165) is 24.8 Å². The zero-order valence-electron chi connectivity index (χ0n) is 12.2. The summed E-state index contributed by atoms with van der Waals surface area (Å²) < 4.78 is 5.92. The van der Waals surface area contributed by atoms with Crippen LogP contribution in [0, 0.1) is 5.41 Å². The second-order valence-corrected chi connectivity index (χ2v) is 6.89. The van der Waals surface area contributed by atoms with Crippen LogP contribution in [0.15, 0.2) is 18.2 Å². The van der Waals surface area contributed by atoms with Crippen LogP contribution in [0.4, 0.5) is 0 Å².